The molecule has 0 bridgehead atoms. The first kappa shape index (κ1) is 29.8. The number of ether oxygens (including phenoxy) is 2. The van der Waals surface area contributed by atoms with Gasteiger partial charge in [0.2, 0.25) is 0 Å². The smallest absolute Gasteiger partial charge is 0.411 e. The zero-order valence-corrected chi connectivity index (χ0v) is 23.9. The van der Waals surface area contributed by atoms with E-state index in [0.717, 1.165) is 5.56 Å². The van der Waals surface area contributed by atoms with Gasteiger partial charge in [-0.05, 0) is 73.7 Å². The zero-order valence-electron chi connectivity index (χ0n) is 23.9. The van der Waals surface area contributed by atoms with Crippen molar-refractivity contribution in [1.82, 2.24) is 4.90 Å². The average molecular weight is 592 g/mol. The summed E-state index contributed by atoms with van der Waals surface area (Å²) in [6.07, 6.45) is -0.114. The lowest BCUT2D eigenvalue weighted by atomic mass is 9.60. The number of allylic oxidation sites excluding steroid dienone is 2. The zero-order chi connectivity index (χ0) is 31.2. The molecule has 3 aliphatic carbocycles. The number of Topliss-reactive ketones (excluding diaryl/α,β-unsaturated/α-hetero) is 2. The van der Waals surface area contributed by atoms with E-state index in [-0.39, 0.29) is 42.9 Å². The Morgan fingerprint density at radius 2 is 1.72 bits per heavy atom. The quantitative estimate of drug-likeness (QED) is 0.237. The molecule has 0 fully saturated rings. The molecular formula is C31H33N3O9. The third-order valence-electron chi connectivity index (χ3n) is 8.41. The summed E-state index contributed by atoms with van der Waals surface area (Å²) in [5.41, 5.74) is 7.35. The number of fused-ring (bicyclic) bond motifs is 3. The highest BCUT2D eigenvalue weighted by atomic mass is 16.6. The highest BCUT2D eigenvalue weighted by Crippen LogP contribution is 2.51. The fourth-order valence-electron chi connectivity index (χ4n) is 6.64. The number of nitrogens with zero attached hydrogens (tertiary/aromatic N) is 1. The van der Waals surface area contributed by atoms with Gasteiger partial charge >= 0.3 is 6.09 Å². The van der Waals surface area contributed by atoms with Crippen LogP contribution in [0.5, 0.6) is 5.75 Å². The Bertz CT molecular complexity index is 1580. The minimum Gasteiger partial charge on any atom is -0.511 e. The van der Waals surface area contributed by atoms with Crippen molar-refractivity contribution in [3.63, 3.8) is 0 Å². The summed E-state index contributed by atoms with van der Waals surface area (Å²) in [5.74, 6) is -6.12. The van der Waals surface area contributed by atoms with Gasteiger partial charge in [-0.15, -0.1) is 0 Å². The number of phenolic OH excluding ortho intramolecular Hbond substituents is 1. The maximum atomic E-state index is 13.9. The number of hydrogen-bond acceptors (Lipinski definition) is 10. The number of anilines is 1. The van der Waals surface area contributed by atoms with Crippen molar-refractivity contribution in [2.45, 2.75) is 18.9 Å². The molecule has 2 aromatic rings. The maximum absolute atomic E-state index is 13.9. The molecule has 3 aliphatic rings. The van der Waals surface area contributed by atoms with Crippen molar-refractivity contribution in [2.24, 2.45) is 23.5 Å². The number of hydrogen-bond donors (Lipinski definition) is 5. The van der Waals surface area contributed by atoms with Crippen LogP contribution in [-0.4, -0.2) is 84.2 Å². The van der Waals surface area contributed by atoms with Gasteiger partial charge < -0.3 is 30.5 Å². The lowest BCUT2D eigenvalue weighted by Gasteiger charge is -2.46. The number of aromatic hydroxyl groups is 1. The lowest BCUT2D eigenvalue weighted by Crippen LogP contribution is -2.53. The molecule has 0 radical (unpaired) electrons. The monoisotopic (exact) mass is 591 g/mol. The number of nitrogens with two attached hydrogens (primary N) is 1. The Balaban J connectivity index is 1.51. The third kappa shape index (κ3) is 5.12. The Labute approximate surface area is 247 Å². The van der Waals surface area contributed by atoms with Gasteiger partial charge in [-0.1, -0.05) is 18.2 Å². The molecule has 12 nitrogen and oxygen atoms in total. The first-order valence-corrected chi connectivity index (χ1v) is 13.8. The summed E-state index contributed by atoms with van der Waals surface area (Å²) in [6, 6.07) is 9.18. The summed E-state index contributed by atoms with van der Waals surface area (Å²) in [4.78, 5) is 53.0. The van der Waals surface area contributed by atoms with Gasteiger partial charge in [0.15, 0.2) is 11.6 Å². The summed E-state index contributed by atoms with van der Waals surface area (Å²) in [5, 5.41) is 35.8. The molecule has 4 atom stereocenters. The number of amides is 2. The topological polar surface area (TPSA) is 189 Å². The Hall–Kier alpha value is -4.68. The largest absolute Gasteiger partial charge is 0.511 e. The van der Waals surface area contributed by atoms with Crippen LogP contribution in [0.2, 0.25) is 0 Å². The Kier molecular flexibility index (Phi) is 8.00. The van der Waals surface area contributed by atoms with E-state index in [4.69, 9.17) is 15.2 Å². The van der Waals surface area contributed by atoms with Gasteiger partial charge in [-0.2, -0.15) is 0 Å². The van der Waals surface area contributed by atoms with Crippen molar-refractivity contribution in [2.75, 3.05) is 39.7 Å². The molecule has 0 heterocycles. The van der Waals surface area contributed by atoms with Crippen molar-refractivity contribution in [1.29, 1.82) is 0 Å². The summed E-state index contributed by atoms with van der Waals surface area (Å²) < 4.78 is 9.88. The number of carbonyl (C=O) groups is 4. The third-order valence-corrected chi connectivity index (χ3v) is 8.41. The maximum Gasteiger partial charge on any atom is 0.411 e. The predicted octanol–water partition coefficient (Wildman–Crippen LogP) is 2.87. The van der Waals surface area contributed by atoms with E-state index in [1.165, 1.54) is 13.2 Å². The molecule has 43 heavy (non-hydrogen) atoms. The number of nitrogens with one attached hydrogen (secondary N) is 1. The van der Waals surface area contributed by atoms with Gasteiger partial charge in [-0.25, -0.2) is 4.79 Å². The van der Waals surface area contributed by atoms with Gasteiger partial charge in [0, 0.05) is 18.4 Å². The van der Waals surface area contributed by atoms with Gasteiger partial charge in [0.1, 0.15) is 29.4 Å². The fraction of sp³-hybridized carbons (Fsp3) is 0.355. The van der Waals surface area contributed by atoms with Gasteiger partial charge in [0.05, 0.1) is 24.1 Å². The number of aliphatic hydroxyl groups is 2. The second kappa shape index (κ2) is 11.5. The second-order valence-electron chi connectivity index (χ2n) is 11.1. The molecule has 6 N–H and O–H groups in total. The van der Waals surface area contributed by atoms with Crippen LogP contribution >= 0.6 is 0 Å². The van der Waals surface area contributed by atoms with Gasteiger partial charge in [0.25, 0.3) is 5.91 Å². The first-order valence-electron chi connectivity index (χ1n) is 13.8. The fourth-order valence-corrected chi connectivity index (χ4v) is 6.64. The van der Waals surface area contributed by atoms with Crippen molar-refractivity contribution >= 4 is 29.3 Å². The molecule has 0 aromatic heterocycles. The van der Waals surface area contributed by atoms with Crippen LogP contribution in [-0.2, 0) is 25.5 Å². The standard InChI is InChI=1S/C31H33N3O9/c1-34(2)25-19-13-15-12-18-17(14-4-6-16(7-5-14)33-31(41)43-11-10-42-3)8-9-20(35)22(18)26(36)21(15)27(37)23(19)28(38)24(29(25)39)30(32)40/h4-9,15,19,23,25,35,37,39H,10-13H2,1-3H3,(H2,32,40)(H,33,41)/t15?,19?,23?,25-/m0/s1. The van der Waals surface area contributed by atoms with E-state index in [9.17, 15) is 34.5 Å². The molecule has 0 spiro atoms. The van der Waals surface area contributed by atoms with Crippen molar-refractivity contribution in [3.8, 4) is 16.9 Å². The summed E-state index contributed by atoms with van der Waals surface area (Å²) >= 11 is 0. The van der Waals surface area contributed by atoms with Crippen LogP contribution in [0.3, 0.4) is 0 Å². The minimum absolute atomic E-state index is 0.0174. The molecule has 226 valence electrons. The van der Waals surface area contributed by atoms with E-state index in [1.54, 1.807) is 49.3 Å². The average Bonchev–Trinajstić information content (AvgIpc) is 2.93. The lowest BCUT2D eigenvalue weighted by molar-refractivity contribution is -0.127. The molecule has 0 aliphatic heterocycles. The van der Waals surface area contributed by atoms with Gasteiger partial charge in [-0.3, -0.25) is 24.6 Å². The van der Waals surface area contributed by atoms with E-state index in [2.05, 4.69) is 5.32 Å². The minimum atomic E-state index is -1.24. The molecular weight excluding hydrogens is 558 g/mol. The SMILES string of the molecule is COCCOC(=O)Nc1ccc(-c2ccc(O)c3c2CC2CC4C(C(=O)C(C(N)=O)=C(O)[C@H]4N(C)C)C(O)=C2C3=O)cc1. The van der Waals surface area contributed by atoms with Crippen LogP contribution < -0.4 is 11.1 Å². The Morgan fingerprint density at radius 3 is 2.35 bits per heavy atom. The van der Waals surface area contributed by atoms with E-state index >= 15 is 0 Å². The van der Waals surface area contributed by atoms with Crippen molar-refractivity contribution < 1.29 is 44.0 Å². The molecule has 2 amide bonds. The normalized spacial score (nSPS) is 23.1. The number of primary amides is 1. The number of carbonyl (C=O) groups excluding carboxylic acids is 4. The number of likely N-dealkylation sites (N-methyl/N-ethyl adjacent to an activating group) is 1. The van der Waals surface area contributed by atoms with Crippen molar-refractivity contribution in [3.05, 3.63) is 70.2 Å². The predicted molar refractivity (Wildman–Crippen MR) is 154 cm³/mol. The number of ketones is 2. The van der Waals surface area contributed by atoms with Crippen LogP contribution in [0.1, 0.15) is 22.3 Å². The van der Waals surface area contributed by atoms with E-state index < -0.39 is 64.5 Å². The summed E-state index contributed by atoms with van der Waals surface area (Å²) in [6.45, 7) is 0.376. The highest BCUT2D eigenvalue weighted by Gasteiger charge is 2.54. The van der Waals surface area contributed by atoms with E-state index in [0.29, 0.717) is 16.8 Å². The molecule has 0 saturated heterocycles. The summed E-state index contributed by atoms with van der Waals surface area (Å²) in [7, 11) is 4.86. The number of rotatable bonds is 7. The molecule has 5 rings (SSSR count). The van der Waals surface area contributed by atoms with Crippen LogP contribution in [0.15, 0.2) is 59.1 Å². The number of phenols is 1. The molecule has 0 saturated carbocycles. The van der Waals surface area contributed by atoms with E-state index in [1.807, 2.05) is 0 Å². The number of benzene rings is 2. The first-order chi connectivity index (χ1) is 20.5. The van der Waals surface area contributed by atoms with Crippen LogP contribution in [0, 0.1) is 17.8 Å². The molecule has 2 aromatic carbocycles. The molecule has 12 heteroatoms. The van der Waals surface area contributed by atoms with Crippen LogP contribution in [0.4, 0.5) is 10.5 Å². The Morgan fingerprint density at radius 1 is 1.02 bits per heavy atom. The number of methoxy groups -OCH3 is 1. The van der Waals surface area contributed by atoms with Crippen LogP contribution in [0.25, 0.3) is 11.1 Å². The number of aliphatic hydroxyl groups excluding tert-OH is 2. The second-order valence-corrected chi connectivity index (χ2v) is 11.1. The molecule has 3 unspecified atom stereocenters. The highest BCUT2D eigenvalue weighted by molar-refractivity contribution is 6.22.